The zero-order valence-corrected chi connectivity index (χ0v) is 17.3. The molecular formula is C22H24ClFN2O4. The second-order valence-electron chi connectivity index (χ2n) is 7.56. The normalized spacial score (nSPS) is 18.4. The molecule has 1 aromatic heterocycles. The summed E-state index contributed by atoms with van der Waals surface area (Å²) in [6, 6.07) is 10.3. The van der Waals surface area contributed by atoms with Crippen LogP contribution < -0.4 is 14.2 Å². The Bertz CT molecular complexity index is 1010. The van der Waals surface area contributed by atoms with Crippen LogP contribution in [0.5, 0.6) is 17.2 Å². The molecule has 0 spiro atoms. The molecule has 5 rings (SSSR count). The molecule has 0 radical (unpaired) electrons. The molecule has 1 atom stereocenters. The Morgan fingerprint density at radius 2 is 2.07 bits per heavy atom. The predicted molar refractivity (Wildman–Crippen MR) is 112 cm³/mol. The average Bonchev–Trinajstić information content (AvgIpc) is 3.35. The minimum Gasteiger partial charge on any atom is -0.488 e. The van der Waals surface area contributed by atoms with E-state index in [1.165, 1.54) is 12.1 Å². The van der Waals surface area contributed by atoms with Crippen LogP contribution in [0.3, 0.4) is 0 Å². The van der Waals surface area contributed by atoms with Crippen molar-refractivity contribution in [2.45, 2.75) is 12.8 Å². The molecule has 3 aromatic rings. The molecule has 2 aliphatic rings. The second kappa shape index (κ2) is 9.10. The van der Waals surface area contributed by atoms with Gasteiger partial charge in [-0.1, -0.05) is 11.2 Å². The van der Waals surface area contributed by atoms with E-state index >= 15 is 0 Å². The minimum atomic E-state index is -0.302. The smallest absolute Gasteiger partial charge is 0.203 e. The first kappa shape index (κ1) is 20.8. The number of halogens is 2. The van der Waals surface area contributed by atoms with Crippen LogP contribution in [0.25, 0.3) is 11.0 Å². The summed E-state index contributed by atoms with van der Waals surface area (Å²) in [4.78, 5) is 2.40. The van der Waals surface area contributed by atoms with Gasteiger partial charge in [0, 0.05) is 24.5 Å². The van der Waals surface area contributed by atoms with E-state index in [9.17, 15) is 4.39 Å². The molecule has 1 saturated heterocycles. The van der Waals surface area contributed by atoms with Crippen LogP contribution in [0.1, 0.15) is 12.1 Å². The van der Waals surface area contributed by atoms with Gasteiger partial charge in [0.1, 0.15) is 25.6 Å². The molecular weight excluding hydrogens is 411 g/mol. The molecule has 2 aliphatic heterocycles. The summed E-state index contributed by atoms with van der Waals surface area (Å²) in [6.45, 7) is 4.59. The number of hydrogen-bond donors (Lipinski definition) is 0. The molecule has 1 unspecified atom stereocenters. The molecule has 1 fully saturated rings. The van der Waals surface area contributed by atoms with Crippen LogP contribution in [0, 0.1) is 11.7 Å². The van der Waals surface area contributed by atoms with E-state index in [4.69, 9.17) is 18.7 Å². The number of likely N-dealkylation sites (tertiary alicyclic amines) is 1. The number of hydrogen-bond acceptors (Lipinski definition) is 6. The molecule has 0 amide bonds. The van der Waals surface area contributed by atoms with Gasteiger partial charge in [-0.2, -0.15) is 0 Å². The van der Waals surface area contributed by atoms with Gasteiger partial charge < -0.3 is 18.7 Å². The Labute approximate surface area is 180 Å². The maximum absolute atomic E-state index is 13.3. The zero-order chi connectivity index (χ0) is 19.6. The zero-order valence-electron chi connectivity index (χ0n) is 16.5. The lowest BCUT2D eigenvalue weighted by Gasteiger charge is -2.21. The van der Waals surface area contributed by atoms with Crippen molar-refractivity contribution in [2.24, 2.45) is 5.92 Å². The Balaban J connectivity index is 0.00000218. The van der Waals surface area contributed by atoms with E-state index < -0.39 is 0 Å². The summed E-state index contributed by atoms with van der Waals surface area (Å²) in [5.74, 6) is 2.39. The van der Waals surface area contributed by atoms with Crippen molar-refractivity contribution in [1.82, 2.24) is 10.1 Å². The minimum absolute atomic E-state index is 0. The summed E-state index contributed by atoms with van der Waals surface area (Å²) in [5.41, 5.74) is 1.43. The van der Waals surface area contributed by atoms with Crippen molar-refractivity contribution in [3.05, 3.63) is 47.9 Å². The number of benzene rings is 2. The van der Waals surface area contributed by atoms with Crippen LogP contribution in [-0.4, -0.2) is 49.5 Å². The van der Waals surface area contributed by atoms with Crippen LogP contribution >= 0.6 is 12.4 Å². The molecule has 0 aliphatic carbocycles. The van der Waals surface area contributed by atoms with Crippen LogP contribution in [0.4, 0.5) is 4.39 Å². The van der Waals surface area contributed by atoms with Crippen LogP contribution in [0.2, 0.25) is 0 Å². The SMILES string of the molecule is Cl.Fc1ccc2c(CC3CCN(CCOc4cccc5c4OCCO5)C3)noc2c1. The standard InChI is InChI=1S/C22H23FN2O4.ClH/c23-16-4-5-17-18(24-29-21(17)13-16)12-15-6-7-25(14-15)8-9-26-19-2-1-3-20-22(19)28-11-10-27-20;/h1-5,13,15H,6-12,14H2;1H. The maximum Gasteiger partial charge on any atom is 0.203 e. The largest absolute Gasteiger partial charge is 0.488 e. The van der Waals surface area contributed by atoms with Crippen LogP contribution in [0.15, 0.2) is 40.9 Å². The average molecular weight is 435 g/mol. The molecule has 2 aromatic carbocycles. The van der Waals surface area contributed by atoms with Crippen molar-refractivity contribution < 1.29 is 23.1 Å². The number of nitrogens with zero attached hydrogens (tertiary/aromatic N) is 2. The molecule has 8 heteroatoms. The third-order valence-electron chi connectivity index (χ3n) is 5.56. The molecule has 0 saturated carbocycles. The van der Waals surface area contributed by atoms with Gasteiger partial charge in [-0.25, -0.2) is 4.39 Å². The lowest BCUT2D eigenvalue weighted by molar-refractivity contribution is 0.158. The van der Waals surface area contributed by atoms with Crippen LogP contribution in [-0.2, 0) is 6.42 Å². The maximum atomic E-state index is 13.3. The summed E-state index contributed by atoms with van der Waals surface area (Å²) >= 11 is 0. The predicted octanol–water partition coefficient (Wildman–Crippen LogP) is 4.10. The Hall–Kier alpha value is -2.51. The van der Waals surface area contributed by atoms with Crippen molar-refractivity contribution in [1.29, 1.82) is 0 Å². The van der Waals surface area contributed by atoms with E-state index in [1.807, 2.05) is 18.2 Å². The van der Waals surface area contributed by atoms with Gasteiger partial charge in [-0.3, -0.25) is 4.90 Å². The number of aromatic nitrogens is 1. The third kappa shape index (κ3) is 4.32. The van der Waals surface area contributed by atoms with Crippen molar-refractivity contribution in [3.63, 3.8) is 0 Å². The highest BCUT2D eigenvalue weighted by molar-refractivity contribution is 5.85. The molecule has 0 bridgehead atoms. The van der Waals surface area contributed by atoms with Gasteiger partial charge in [-0.15, -0.1) is 12.4 Å². The first-order valence-electron chi connectivity index (χ1n) is 10.0. The van der Waals surface area contributed by atoms with E-state index in [0.29, 0.717) is 37.1 Å². The Morgan fingerprint density at radius 1 is 1.17 bits per heavy atom. The van der Waals surface area contributed by atoms with Gasteiger partial charge in [0.2, 0.25) is 5.75 Å². The van der Waals surface area contributed by atoms with E-state index in [2.05, 4.69) is 10.1 Å². The highest BCUT2D eigenvalue weighted by Crippen LogP contribution is 2.39. The van der Waals surface area contributed by atoms with Gasteiger partial charge in [0.15, 0.2) is 17.1 Å². The fraction of sp³-hybridized carbons (Fsp3) is 0.409. The lowest BCUT2D eigenvalue weighted by atomic mass is 10.0. The highest BCUT2D eigenvalue weighted by Gasteiger charge is 2.25. The van der Waals surface area contributed by atoms with Gasteiger partial charge in [-0.05, 0) is 49.6 Å². The second-order valence-corrected chi connectivity index (χ2v) is 7.56. The Kier molecular flexibility index (Phi) is 6.29. The molecule has 3 heterocycles. The van der Waals surface area contributed by atoms with E-state index in [1.54, 1.807) is 6.07 Å². The molecule has 6 nitrogen and oxygen atoms in total. The van der Waals surface area contributed by atoms with E-state index in [-0.39, 0.29) is 18.2 Å². The quantitative estimate of drug-likeness (QED) is 0.582. The summed E-state index contributed by atoms with van der Waals surface area (Å²) in [7, 11) is 0. The Morgan fingerprint density at radius 3 is 3.00 bits per heavy atom. The van der Waals surface area contributed by atoms with E-state index in [0.717, 1.165) is 55.1 Å². The molecule has 30 heavy (non-hydrogen) atoms. The highest BCUT2D eigenvalue weighted by atomic mass is 35.5. The monoisotopic (exact) mass is 434 g/mol. The fourth-order valence-corrected chi connectivity index (χ4v) is 4.11. The van der Waals surface area contributed by atoms with Gasteiger partial charge in [0.05, 0.1) is 5.69 Å². The first-order chi connectivity index (χ1) is 14.3. The van der Waals surface area contributed by atoms with Gasteiger partial charge >= 0.3 is 0 Å². The number of rotatable bonds is 6. The third-order valence-corrected chi connectivity index (χ3v) is 5.56. The lowest BCUT2D eigenvalue weighted by Crippen LogP contribution is -2.26. The van der Waals surface area contributed by atoms with Gasteiger partial charge in [0.25, 0.3) is 0 Å². The van der Waals surface area contributed by atoms with Crippen molar-refractivity contribution in [3.8, 4) is 17.2 Å². The summed E-state index contributed by atoms with van der Waals surface area (Å²) in [5, 5.41) is 5.06. The fourth-order valence-electron chi connectivity index (χ4n) is 4.11. The van der Waals surface area contributed by atoms with Crippen molar-refractivity contribution in [2.75, 3.05) is 39.5 Å². The molecule has 160 valence electrons. The first-order valence-corrected chi connectivity index (χ1v) is 10.0. The topological polar surface area (TPSA) is 57.0 Å². The van der Waals surface area contributed by atoms with Crippen molar-refractivity contribution >= 4 is 23.4 Å². The molecule has 0 N–H and O–H groups in total. The number of ether oxygens (including phenoxy) is 3. The summed E-state index contributed by atoms with van der Waals surface area (Å²) in [6.07, 6.45) is 1.95. The summed E-state index contributed by atoms with van der Waals surface area (Å²) < 4.78 is 35.9. The number of fused-ring (bicyclic) bond motifs is 2. The number of para-hydroxylation sites is 1.